The molecule has 7 unspecified atom stereocenters. The highest BCUT2D eigenvalue weighted by Crippen LogP contribution is 2.23. The number of carbonyl (C=O) groups excluding carboxylic acids is 2. The van der Waals surface area contributed by atoms with E-state index in [4.69, 9.17) is 14.2 Å². The molecular formula is C75H141NO10. The summed E-state index contributed by atoms with van der Waals surface area (Å²) in [6, 6.07) is -0.808. The Morgan fingerprint density at radius 3 is 1.15 bits per heavy atom. The second-order valence-corrected chi connectivity index (χ2v) is 26.0. The van der Waals surface area contributed by atoms with Crippen LogP contribution in [0.5, 0.6) is 0 Å². The number of unbranched alkanes of at least 4 members (excludes halogenated alkanes) is 48. The molecule has 0 aromatic carbocycles. The molecule has 1 amide bonds. The first-order valence-electron chi connectivity index (χ1n) is 37.3. The molecule has 0 saturated carbocycles. The lowest BCUT2D eigenvalue weighted by Gasteiger charge is -2.40. The zero-order valence-electron chi connectivity index (χ0n) is 56.3. The first kappa shape index (κ1) is 81.9. The second-order valence-electron chi connectivity index (χ2n) is 26.0. The average Bonchev–Trinajstić information content (AvgIpc) is 2.62. The van der Waals surface area contributed by atoms with E-state index in [2.05, 4.69) is 43.5 Å². The summed E-state index contributed by atoms with van der Waals surface area (Å²) in [6.45, 7) is 4.35. The molecule has 0 aliphatic carbocycles. The Kier molecular flexibility index (Phi) is 61.3. The number of amides is 1. The molecule has 11 nitrogen and oxygen atoms in total. The van der Waals surface area contributed by atoms with Crippen LogP contribution in [0, 0.1) is 0 Å². The lowest BCUT2D eigenvalue weighted by atomic mass is 9.99. The van der Waals surface area contributed by atoms with Gasteiger partial charge in [-0.1, -0.05) is 314 Å². The molecule has 0 bridgehead atoms. The lowest BCUT2D eigenvalue weighted by molar-refractivity contribution is -0.302. The van der Waals surface area contributed by atoms with Crippen LogP contribution in [0.4, 0.5) is 0 Å². The van der Waals surface area contributed by atoms with Crippen LogP contribution < -0.4 is 5.32 Å². The number of esters is 1. The number of rotatable bonds is 66. The Morgan fingerprint density at radius 2 is 0.756 bits per heavy atom. The summed E-state index contributed by atoms with van der Waals surface area (Å²) in [5.74, 6) is -0.176. The maximum absolute atomic E-state index is 13.1. The lowest BCUT2D eigenvalue weighted by Crippen LogP contribution is -2.60. The standard InChI is InChI=1S/C75H141NO10/c1-3-5-7-9-11-13-15-16-35-38-42-45-49-53-57-61-68(78)67(66-85-75-74(83)73(82)72(81)69(65-77)86-75)76-70(79)62-58-54-50-46-43-39-36-33-31-29-27-25-23-21-19-17-18-20-22-24-26-28-30-32-34-37-40-44-48-52-56-60-64-84-71(80)63-59-55-51-47-41-14-12-10-8-6-4-2/h10,12,20,22,57,61,67-69,72-75,77-78,81-83H,3-9,11,13-19,21,23-56,58-60,62-66H2,1-2H3,(H,76,79)/b12-10-,22-20-,61-57+. The molecule has 1 rings (SSSR count). The summed E-state index contributed by atoms with van der Waals surface area (Å²) in [5.41, 5.74) is 0. The van der Waals surface area contributed by atoms with Crippen molar-refractivity contribution in [1.82, 2.24) is 5.32 Å². The van der Waals surface area contributed by atoms with Crippen molar-refractivity contribution in [2.45, 2.75) is 410 Å². The minimum atomic E-state index is -1.57. The molecule has 0 spiro atoms. The highest BCUT2D eigenvalue weighted by Gasteiger charge is 2.44. The van der Waals surface area contributed by atoms with Crippen LogP contribution in [0.3, 0.4) is 0 Å². The molecule has 0 radical (unpaired) electrons. The Bertz CT molecular complexity index is 1520. The van der Waals surface area contributed by atoms with E-state index < -0.39 is 49.5 Å². The Hall–Kier alpha value is -2.12. The van der Waals surface area contributed by atoms with E-state index in [1.807, 2.05) is 6.08 Å². The van der Waals surface area contributed by atoms with Crippen LogP contribution in [0.25, 0.3) is 0 Å². The maximum Gasteiger partial charge on any atom is 0.305 e. The molecule has 1 heterocycles. The summed E-state index contributed by atoms with van der Waals surface area (Å²) in [7, 11) is 0. The zero-order valence-corrected chi connectivity index (χ0v) is 56.3. The van der Waals surface area contributed by atoms with E-state index in [0.717, 1.165) is 57.8 Å². The van der Waals surface area contributed by atoms with Crippen LogP contribution in [0.15, 0.2) is 36.5 Å². The van der Waals surface area contributed by atoms with Crippen molar-refractivity contribution in [2.75, 3.05) is 19.8 Å². The van der Waals surface area contributed by atoms with Crippen LogP contribution in [0.1, 0.15) is 367 Å². The third kappa shape index (κ3) is 52.6. The van der Waals surface area contributed by atoms with Gasteiger partial charge in [0.25, 0.3) is 0 Å². The van der Waals surface area contributed by atoms with Gasteiger partial charge in [-0.2, -0.15) is 0 Å². The highest BCUT2D eigenvalue weighted by molar-refractivity contribution is 5.76. The molecule has 1 saturated heterocycles. The van der Waals surface area contributed by atoms with E-state index in [1.54, 1.807) is 6.08 Å². The molecule has 1 aliphatic rings. The molecule has 0 aromatic heterocycles. The average molecular weight is 1220 g/mol. The Balaban J connectivity index is 1.97. The maximum atomic E-state index is 13.1. The summed E-state index contributed by atoms with van der Waals surface area (Å²) in [5, 5.41) is 54.6. The first-order valence-corrected chi connectivity index (χ1v) is 37.3. The first-order chi connectivity index (χ1) is 42.2. The van der Waals surface area contributed by atoms with Gasteiger partial charge in [-0.3, -0.25) is 9.59 Å². The van der Waals surface area contributed by atoms with Crippen molar-refractivity contribution in [1.29, 1.82) is 0 Å². The third-order valence-electron chi connectivity index (χ3n) is 17.7. The Morgan fingerprint density at radius 1 is 0.419 bits per heavy atom. The molecule has 6 N–H and O–H groups in total. The van der Waals surface area contributed by atoms with Gasteiger partial charge in [0.2, 0.25) is 5.91 Å². The summed E-state index contributed by atoms with van der Waals surface area (Å²) >= 11 is 0. The van der Waals surface area contributed by atoms with Crippen molar-refractivity contribution in [3.05, 3.63) is 36.5 Å². The van der Waals surface area contributed by atoms with Gasteiger partial charge in [0.1, 0.15) is 24.4 Å². The van der Waals surface area contributed by atoms with E-state index in [0.29, 0.717) is 19.4 Å². The Labute approximate surface area is 530 Å². The molecule has 0 aromatic rings. The number of aliphatic hydroxyl groups excluding tert-OH is 5. The monoisotopic (exact) mass is 1220 g/mol. The zero-order chi connectivity index (χ0) is 62.3. The van der Waals surface area contributed by atoms with Crippen molar-refractivity contribution >= 4 is 11.9 Å². The van der Waals surface area contributed by atoms with Crippen LogP contribution >= 0.6 is 0 Å². The summed E-state index contributed by atoms with van der Waals surface area (Å²) in [4.78, 5) is 25.1. The number of allylic oxidation sites excluding steroid dienone is 5. The number of nitrogens with one attached hydrogen (secondary N) is 1. The minimum absolute atomic E-state index is 0.000172. The highest BCUT2D eigenvalue weighted by atomic mass is 16.7. The molecule has 7 atom stereocenters. The predicted molar refractivity (Wildman–Crippen MR) is 361 cm³/mol. The molecule has 1 aliphatic heterocycles. The fourth-order valence-corrected chi connectivity index (χ4v) is 11.8. The largest absolute Gasteiger partial charge is 0.466 e. The van der Waals surface area contributed by atoms with Crippen molar-refractivity contribution < 1.29 is 49.3 Å². The van der Waals surface area contributed by atoms with Gasteiger partial charge in [-0.25, -0.2) is 0 Å². The molecule has 86 heavy (non-hydrogen) atoms. The topological polar surface area (TPSA) is 175 Å². The quantitative estimate of drug-likeness (QED) is 0.0195. The molecule has 11 heteroatoms. The van der Waals surface area contributed by atoms with Gasteiger partial charge in [-0.05, 0) is 77.0 Å². The smallest absolute Gasteiger partial charge is 0.305 e. The van der Waals surface area contributed by atoms with E-state index >= 15 is 0 Å². The van der Waals surface area contributed by atoms with Crippen molar-refractivity contribution in [3.63, 3.8) is 0 Å². The van der Waals surface area contributed by atoms with Crippen molar-refractivity contribution in [3.8, 4) is 0 Å². The SMILES string of the molecule is CCCC/C=C\CCCCCCCC(=O)OCCCCCCCCCCCCCC/C=C\CCCCCCCCCCCCCCCCCCC(=O)NC(COC1OC(CO)C(O)C(O)C1O)C(O)/C=C/CCCCCCCCCCCCCCC. The number of aliphatic hydroxyl groups is 5. The number of ether oxygens (including phenoxy) is 3. The van der Waals surface area contributed by atoms with E-state index in [1.165, 1.54) is 283 Å². The van der Waals surface area contributed by atoms with Gasteiger partial charge in [0.05, 0.1) is 32.0 Å². The molecule has 1 fully saturated rings. The van der Waals surface area contributed by atoms with E-state index in [-0.39, 0.29) is 18.5 Å². The second kappa shape index (κ2) is 64.4. The fraction of sp³-hybridized carbons (Fsp3) is 0.893. The van der Waals surface area contributed by atoms with Crippen LogP contribution in [-0.2, 0) is 23.8 Å². The predicted octanol–water partition coefficient (Wildman–Crippen LogP) is 19.4. The number of carbonyl (C=O) groups is 2. The molecular weight excluding hydrogens is 1070 g/mol. The van der Waals surface area contributed by atoms with Gasteiger partial charge in [0, 0.05) is 12.8 Å². The normalized spacial score (nSPS) is 18.1. The number of hydrogen-bond acceptors (Lipinski definition) is 10. The van der Waals surface area contributed by atoms with Gasteiger partial charge in [-0.15, -0.1) is 0 Å². The van der Waals surface area contributed by atoms with Gasteiger partial charge < -0.3 is 45.1 Å². The van der Waals surface area contributed by atoms with Gasteiger partial charge >= 0.3 is 5.97 Å². The summed E-state index contributed by atoms with van der Waals surface area (Å²) < 4.78 is 16.8. The number of hydrogen-bond donors (Lipinski definition) is 6. The van der Waals surface area contributed by atoms with Gasteiger partial charge in [0.15, 0.2) is 6.29 Å². The molecule has 506 valence electrons. The van der Waals surface area contributed by atoms with Crippen molar-refractivity contribution in [2.24, 2.45) is 0 Å². The van der Waals surface area contributed by atoms with E-state index in [9.17, 15) is 35.1 Å². The summed E-state index contributed by atoms with van der Waals surface area (Å²) in [6.07, 6.45) is 72.8. The third-order valence-corrected chi connectivity index (χ3v) is 17.7. The van der Waals surface area contributed by atoms with Crippen LogP contribution in [0.2, 0.25) is 0 Å². The fourth-order valence-electron chi connectivity index (χ4n) is 11.8. The van der Waals surface area contributed by atoms with Crippen LogP contribution in [-0.4, -0.2) is 100 Å². The minimum Gasteiger partial charge on any atom is -0.466 e.